The number of nitrogens with zero attached hydrogens (tertiary/aromatic N) is 3. The van der Waals surface area contributed by atoms with Crippen LogP contribution in [0.4, 0.5) is 0 Å². The fourth-order valence-electron chi connectivity index (χ4n) is 3.04. The Morgan fingerprint density at radius 2 is 2.25 bits per heavy atom. The third-order valence-electron chi connectivity index (χ3n) is 4.51. The van der Waals surface area contributed by atoms with E-state index >= 15 is 0 Å². The van der Waals surface area contributed by atoms with Gasteiger partial charge in [-0.25, -0.2) is 4.98 Å². The zero-order valence-corrected chi connectivity index (χ0v) is 13.6. The SMILES string of the molecule is Cc1cn2c(CNC3CCN(C)C(C)C3)c(C)nc2s1. The number of hydrogen-bond acceptors (Lipinski definition) is 4. The van der Waals surface area contributed by atoms with E-state index in [1.165, 1.54) is 30.0 Å². The molecule has 0 spiro atoms. The summed E-state index contributed by atoms with van der Waals surface area (Å²) in [6.45, 7) is 8.69. The van der Waals surface area contributed by atoms with E-state index in [1.54, 1.807) is 11.3 Å². The van der Waals surface area contributed by atoms with E-state index in [0.29, 0.717) is 12.1 Å². The molecule has 0 aliphatic carbocycles. The molecule has 1 aliphatic heterocycles. The first-order valence-electron chi connectivity index (χ1n) is 7.42. The summed E-state index contributed by atoms with van der Waals surface area (Å²) in [6, 6.07) is 1.31. The zero-order valence-electron chi connectivity index (χ0n) is 12.8. The summed E-state index contributed by atoms with van der Waals surface area (Å²) in [6.07, 6.45) is 4.68. The highest BCUT2D eigenvalue weighted by Crippen LogP contribution is 2.21. The minimum absolute atomic E-state index is 0.630. The number of hydrogen-bond donors (Lipinski definition) is 1. The first-order valence-corrected chi connectivity index (χ1v) is 8.24. The van der Waals surface area contributed by atoms with Crippen LogP contribution in [0.5, 0.6) is 0 Å². The molecule has 3 heterocycles. The molecular formula is C15H24N4S. The van der Waals surface area contributed by atoms with E-state index in [9.17, 15) is 0 Å². The third kappa shape index (κ3) is 2.62. The van der Waals surface area contributed by atoms with Crippen molar-refractivity contribution in [2.45, 2.75) is 52.2 Å². The summed E-state index contributed by atoms with van der Waals surface area (Å²) in [4.78, 5) is 9.55. The first kappa shape index (κ1) is 14.0. The maximum atomic E-state index is 4.66. The van der Waals surface area contributed by atoms with Crippen LogP contribution in [0.1, 0.15) is 36.0 Å². The van der Waals surface area contributed by atoms with Crippen molar-refractivity contribution in [2.75, 3.05) is 13.6 Å². The highest BCUT2D eigenvalue weighted by atomic mass is 32.1. The standard InChI is InChI=1S/C15H24N4S/c1-10-7-13(5-6-18(10)4)16-8-14-12(3)17-15-19(14)9-11(2)20-15/h9-10,13,16H,5-8H2,1-4H3. The Morgan fingerprint density at radius 1 is 1.45 bits per heavy atom. The fraction of sp³-hybridized carbons (Fsp3) is 0.667. The molecule has 0 aromatic carbocycles. The van der Waals surface area contributed by atoms with Crippen LogP contribution in [-0.2, 0) is 6.54 Å². The van der Waals surface area contributed by atoms with Gasteiger partial charge in [-0.15, -0.1) is 11.3 Å². The Labute approximate surface area is 124 Å². The average molecular weight is 292 g/mol. The second-order valence-corrected chi connectivity index (χ2v) is 7.28. The molecule has 0 radical (unpaired) electrons. The molecule has 110 valence electrons. The van der Waals surface area contributed by atoms with Crippen molar-refractivity contribution in [3.8, 4) is 0 Å². The van der Waals surface area contributed by atoms with Gasteiger partial charge in [-0.1, -0.05) is 0 Å². The van der Waals surface area contributed by atoms with Gasteiger partial charge in [0.1, 0.15) is 0 Å². The molecule has 2 unspecified atom stereocenters. The molecule has 20 heavy (non-hydrogen) atoms. The molecule has 1 N–H and O–H groups in total. The minimum atomic E-state index is 0.630. The molecule has 2 aromatic rings. The summed E-state index contributed by atoms with van der Waals surface area (Å²) >= 11 is 1.77. The number of aryl methyl sites for hydroxylation is 2. The van der Waals surface area contributed by atoms with Crippen LogP contribution in [0.15, 0.2) is 6.20 Å². The Balaban J connectivity index is 1.69. The normalized spacial score (nSPS) is 24.6. The van der Waals surface area contributed by atoms with Crippen LogP contribution in [-0.4, -0.2) is 40.0 Å². The van der Waals surface area contributed by atoms with E-state index in [0.717, 1.165) is 17.2 Å². The zero-order chi connectivity index (χ0) is 14.3. The van der Waals surface area contributed by atoms with Crippen molar-refractivity contribution >= 4 is 16.3 Å². The summed E-state index contributed by atoms with van der Waals surface area (Å²) in [7, 11) is 2.22. The second kappa shape index (κ2) is 5.47. The number of nitrogens with one attached hydrogen (secondary N) is 1. The van der Waals surface area contributed by atoms with Crippen LogP contribution >= 0.6 is 11.3 Å². The second-order valence-electron chi connectivity index (χ2n) is 6.07. The van der Waals surface area contributed by atoms with Crippen LogP contribution in [0.3, 0.4) is 0 Å². The van der Waals surface area contributed by atoms with E-state index in [1.807, 2.05) is 0 Å². The molecule has 1 saturated heterocycles. The summed E-state index contributed by atoms with van der Waals surface area (Å²) < 4.78 is 2.25. The highest BCUT2D eigenvalue weighted by Gasteiger charge is 2.22. The van der Waals surface area contributed by atoms with Gasteiger partial charge in [0.15, 0.2) is 4.96 Å². The van der Waals surface area contributed by atoms with Gasteiger partial charge in [-0.3, -0.25) is 4.40 Å². The van der Waals surface area contributed by atoms with Crippen molar-refractivity contribution in [1.29, 1.82) is 0 Å². The van der Waals surface area contributed by atoms with Gasteiger partial charge in [-0.05, 0) is 47.2 Å². The molecule has 5 heteroatoms. The fourth-order valence-corrected chi connectivity index (χ4v) is 3.93. The number of rotatable bonds is 3. The predicted octanol–water partition coefficient (Wildman–Crippen LogP) is 2.58. The number of thiazole rings is 1. The number of likely N-dealkylation sites (tertiary alicyclic amines) is 1. The number of fused-ring (bicyclic) bond motifs is 1. The van der Waals surface area contributed by atoms with E-state index in [-0.39, 0.29) is 0 Å². The lowest BCUT2D eigenvalue weighted by atomic mass is 9.99. The van der Waals surface area contributed by atoms with Gasteiger partial charge >= 0.3 is 0 Å². The molecule has 2 atom stereocenters. The van der Waals surface area contributed by atoms with Gasteiger partial charge in [0, 0.05) is 29.7 Å². The summed E-state index contributed by atoms with van der Waals surface area (Å²) in [5, 5.41) is 3.73. The lowest BCUT2D eigenvalue weighted by Crippen LogP contribution is -2.45. The number of imidazole rings is 1. The smallest absolute Gasteiger partial charge is 0.194 e. The molecule has 4 nitrogen and oxygen atoms in total. The molecule has 2 aromatic heterocycles. The van der Waals surface area contributed by atoms with Crippen molar-refractivity contribution < 1.29 is 0 Å². The average Bonchev–Trinajstić information content (AvgIpc) is 2.87. The van der Waals surface area contributed by atoms with Crippen LogP contribution in [0.2, 0.25) is 0 Å². The highest BCUT2D eigenvalue weighted by molar-refractivity contribution is 7.17. The molecule has 1 fully saturated rings. The minimum Gasteiger partial charge on any atom is -0.308 e. The summed E-state index contributed by atoms with van der Waals surface area (Å²) in [5.74, 6) is 0. The van der Waals surface area contributed by atoms with Crippen molar-refractivity contribution in [3.63, 3.8) is 0 Å². The number of piperidine rings is 1. The van der Waals surface area contributed by atoms with Gasteiger partial charge in [0.05, 0.1) is 11.4 Å². The topological polar surface area (TPSA) is 32.6 Å². The largest absolute Gasteiger partial charge is 0.308 e. The molecule has 0 saturated carbocycles. The van der Waals surface area contributed by atoms with Crippen LogP contribution in [0, 0.1) is 13.8 Å². The van der Waals surface area contributed by atoms with E-state index < -0.39 is 0 Å². The Morgan fingerprint density at radius 3 is 3.00 bits per heavy atom. The monoisotopic (exact) mass is 292 g/mol. The first-order chi connectivity index (χ1) is 9.54. The maximum Gasteiger partial charge on any atom is 0.194 e. The van der Waals surface area contributed by atoms with Gasteiger partial charge in [0.25, 0.3) is 0 Å². The maximum absolute atomic E-state index is 4.66. The van der Waals surface area contributed by atoms with E-state index in [4.69, 9.17) is 0 Å². The molecule has 3 rings (SSSR count). The Bertz CT molecular complexity index is 600. The quantitative estimate of drug-likeness (QED) is 0.944. The van der Waals surface area contributed by atoms with Crippen molar-refractivity contribution in [1.82, 2.24) is 19.6 Å². The van der Waals surface area contributed by atoms with Gasteiger partial charge < -0.3 is 10.2 Å². The van der Waals surface area contributed by atoms with Crippen molar-refractivity contribution in [3.05, 3.63) is 22.5 Å². The Hall–Kier alpha value is -0.910. The van der Waals surface area contributed by atoms with Crippen molar-refractivity contribution in [2.24, 2.45) is 0 Å². The van der Waals surface area contributed by atoms with E-state index in [2.05, 4.69) is 53.6 Å². The van der Waals surface area contributed by atoms with Gasteiger partial charge in [0.2, 0.25) is 0 Å². The van der Waals surface area contributed by atoms with Crippen LogP contribution < -0.4 is 5.32 Å². The predicted molar refractivity (Wildman–Crippen MR) is 84.5 cm³/mol. The lowest BCUT2D eigenvalue weighted by molar-refractivity contribution is 0.168. The van der Waals surface area contributed by atoms with Crippen LogP contribution in [0.25, 0.3) is 4.96 Å². The number of aromatic nitrogens is 2. The molecule has 1 aliphatic rings. The summed E-state index contributed by atoms with van der Waals surface area (Å²) in [5.41, 5.74) is 2.47. The lowest BCUT2D eigenvalue weighted by Gasteiger charge is -2.35. The molecule has 0 amide bonds. The molecule has 0 bridgehead atoms. The third-order valence-corrected chi connectivity index (χ3v) is 5.41. The van der Waals surface area contributed by atoms with Gasteiger partial charge in [-0.2, -0.15) is 0 Å². The Kier molecular flexibility index (Phi) is 3.84. The molecular weight excluding hydrogens is 268 g/mol.